The highest BCUT2D eigenvalue weighted by Gasteiger charge is 2.21. The molecule has 0 saturated carbocycles. The van der Waals surface area contributed by atoms with Gasteiger partial charge in [-0.3, -0.25) is 4.72 Å². The Labute approximate surface area is 126 Å². The molecule has 0 bridgehead atoms. The number of aromatic nitrogens is 2. The number of benzene rings is 1. The van der Waals surface area contributed by atoms with Crippen LogP contribution in [0.4, 0.5) is 5.13 Å². The van der Waals surface area contributed by atoms with Gasteiger partial charge in [-0.25, -0.2) is 8.42 Å². The third-order valence-corrected chi connectivity index (χ3v) is 5.18. The standard InChI is InChI=1S/C12H15N3O4S2/c1-3-11-13-14-12(20-11)15-21(17,18)10-5-4-8(7-16)6-9(10)19-2/h4-6,16H,3,7H2,1-2H3,(H,14,15). The van der Waals surface area contributed by atoms with Crippen molar-refractivity contribution in [1.29, 1.82) is 0 Å². The number of sulfonamides is 1. The maximum Gasteiger partial charge on any atom is 0.267 e. The molecule has 0 aliphatic heterocycles. The Bertz CT molecular complexity index is 728. The van der Waals surface area contributed by atoms with Gasteiger partial charge in [0.15, 0.2) is 0 Å². The molecule has 0 aliphatic rings. The topological polar surface area (TPSA) is 101 Å². The van der Waals surface area contributed by atoms with Crippen molar-refractivity contribution in [3.05, 3.63) is 28.8 Å². The first-order valence-electron chi connectivity index (χ1n) is 6.13. The van der Waals surface area contributed by atoms with E-state index in [0.717, 1.165) is 5.01 Å². The van der Waals surface area contributed by atoms with Crippen LogP contribution in [-0.2, 0) is 23.1 Å². The highest BCUT2D eigenvalue weighted by Crippen LogP contribution is 2.28. The summed E-state index contributed by atoms with van der Waals surface area (Å²) in [7, 11) is -2.45. The van der Waals surface area contributed by atoms with Crippen LogP contribution in [0.25, 0.3) is 0 Å². The number of ether oxygens (including phenoxy) is 1. The lowest BCUT2D eigenvalue weighted by Crippen LogP contribution is -2.14. The Hall–Kier alpha value is -1.71. The van der Waals surface area contributed by atoms with Gasteiger partial charge >= 0.3 is 0 Å². The Kier molecular flexibility index (Phi) is 4.76. The first-order chi connectivity index (χ1) is 10.00. The zero-order chi connectivity index (χ0) is 15.5. The zero-order valence-corrected chi connectivity index (χ0v) is 13.2. The van der Waals surface area contributed by atoms with E-state index in [1.165, 1.54) is 36.6 Å². The Morgan fingerprint density at radius 2 is 2.14 bits per heavy atom. The molecule has 0 radical (unpaired) electrons. The summed E-state index contributed by atoms with van der Waals surface area (Å²) in [5, 5.41) is 17.7. The summed E-state index contributed by atoms with van der Waals surface area (Å²) in [6, 6.07) is 4.38. The molecule has 7 nitrogen and oxygen atoms in total. The quantitative estimate of drug-likeness (QED) is 0.831. The summed E-state index contributed by atoms with van der Waals surface area (Å²) in [4.78, 5) is -0.0181. The van der Waals surface area contributed by atoms with Crippen molar-refractivity contribution < 1.29 is 18.3 Å². The molecule has 0 unspecified atom stereocenters. The Morgan fingerprint density at radius 3 is 2.71 bits per heavy atom. The average molecular weight is 329 g/mol. The molecule has 0 saturated heterocycles. The van der Waals surface area contributed by atoms with Crippen molar-refractivity contribution >= 4 is 26.5 Å². The second-order valence-electron chi connectivity index (χ2n) is 4.10. The number of aryl methyl sites for hydroxylation is 1. The van der Waals surface area contributed by atoms with Gasteiger partial charge in [-0.05, 0) is 24.1 Å². The van der Waals surface area contributed by atoms with E-state index in [4.69, 9.17) is 9.84 Å². The van der Waals surface area contributed by atoms with E-state index in [0.29, 0.717) is 12.0 Å². The highest BCUT2D eigenvalue weighted by molar-refractivity contribution is 7.93. The number of nitrogens with one attached hydrogen (secondary N) is 1. The summed E-state index contributed by atoms with van der Waals surface area (Å²) in [5.41, 5.74) is 0.565. The lowest BCUT2D eigenvalue weighted by atomic mass is 10.2. The van der Waals surface area contributed by atoms with Crippen LogP contribution in [0.3, 0.4) is 0 Å². The number of methoxy groups -OCH3 is 1. The van der Waals surface area contributed by atoms with Gasteiger partial charge in [-0.15, -0.1) is 10.2 Å². The van der Waals surface area contributed by atoms with Crippen molar-refractivity contribution in [2.45, 2.75) is 24.8 Å². The van der Waals surface area contributed by atoms with Crippen LogP contribution >= 0.6 is 11.3 Å². The number of anilines is 1. The number of hydrogen-bond donors (Lipinski definition) is 2. The van der Waals surface area contributed by atoms with Gasteiger partial charge in [0.2, 0.25) is 5.13 Å². The van der Waals surface area contributed by atoms with E-state index >= 15 is 0 Å². The van der Waals surface area contributed by atoms with Gasteiger partial charge in [-0.2, -0.15) is 0 Å². The van der Waals surface area contributed by atoms with E-state index < -0.39 is 10.0 Å². The molecular weight excluding hydrogens is 314 g/mol. The second kappa shape index (κ2) is 6.37. The maximum atomic E-state index is 12.4. The lowest BCUT2D eigenvalue weighted by Gasteiger charge is -2.10. The first kappa shape index (κ1) is 15.7. The van der Waals surface area contributed by atoms with Gasteiger partial charge in [0.25, 0.3) is 10.0 Å². The summed E-state index contributed by atoms with van der Waals surface area (Å²) < 4.78 is 32.2. The van der Waals surface area contributed by atoms with Crippen LogP contribution in [0.5, 0.6) is 5.75 Å². The van der Waals surface area contributed by atoms with Crippen LogP contribution in [0.2, 0.25) is 0 Å². The summed E-state index contributed by atoms with van der Waals surface area (Å²) in [5.74, 6) is 0.161. The first-order valence-corrected chi connectivity index (χ1v) is 8.43. The minimum absolute atomic E-state index is 0.0181. The molecule has 9 heteroatoms. The molecule has 0 atom stereocenters. The van der Waals surface area contributed by atoms with E-state index in [1.54, 1.807) is 0 Å². The molecule has 2 aromatic rings. The molecule has 0 spiro atoms. The van der Waals surface area contributed by atoms with Gasteiger partial charge in [0.1, 0.15) is 15.7 Å². The predicted octanol–water partition coefficient (Wildman–Crippen LogP) is 1.40. The molecule has 21 heavy (non-hydrogen) atoms. The molecule has 0 aliphatic carbocycles. The normalized spacial score (nSPS) is 11.4. The average Bonchev–Trinajstić information content (AvgIpc) is 2.93. The third kappa shape index (κ3) is 3.49. The number of aliphatic hydroxyl groups is 1. The third-order valence-electron chi connectivity index (χ3n) is 2.69. The van der Waals surface area contributed by atoms with E-state index in [1.807, 2.05) is 6.92 Å². The van der Waals surface area contributed by atoms with Crippen molar-refractivity contribution in [2.75, 3.05) is 11.8 Å². The van der Waals surface area contributed by atoms with Crippen molar-refractivity contribution in [2.24, 2.45) is 0 Å². The predicted molar refractivity (Wildman–Crippen MR) is 79.0 cm³/mol. The molecule has 1 aromatic carbocycles. The zero-order valence-electron chi connectivity index (χ0n) is 11.5. The summed E-state index contributed by atoms with van der Waals surface area (Å²) in [6.45, 7) is 1.72. The van der Waals surface area contributed by atoms with E-state index in [9.17, 15) is 8.42 Å². The summed E-state index contributed by atoms with van der Waals surface area (Å²) in [6.07, 6.45) is 0.688. The lowest BCUT2D eigenvalue weighted by molar-refractivity contribution is 0.280. The molecule has 114 valence electrons. The molecule has 2 rings (SSSR count). The number of rotatable bonds is 6. The minimum atomic E-state index is -3.82. The van der Waals surface area contributed by atoms with E-state index in [2.05, 4.69) is 14.9 Å². The highest BCUT2D eigenvalue weighted by atomic mass is 32.2. The van der Waals surface area contributed by atoms with Crippen molar-refractivity contribution in [3.8, 4) is 5.75 Å². The Morgan fingerprint density at radius 1 is 1.38 bits per heavy atom. The fourth-order valence-corrected chi connectivity index (χ4v) is 3.70. The summed E-state index contributed by atoms with van der Waals surface area (Å²) >= 11 is 1.18. The Balaban J connectivity index is 2.34. The van der Waals surface area contributed by atoms with Crippen molar-refractivity contribution in [1.82, 2.24) is 10.2 Å². The molecule has 0 amide bonds. The molecular formula is C12H15N3O4S2. The second-order valence-corrected chi connectivity index (χ2v) is 6.82. The van der Waals surface area contributed by atoms with Crippen LogP contribution in [0, 0.1) is 0 Å². The number of aliphatic hydroxyl groups excluding tert-OH is 1. The fourth-order valence-electron chi connectivity index (χ4n) is 1.64. The SMILES string of the molecule is CCc1nnc(NS(=O)(=O)c2ccc(CO)cc2OC)s1. The largest absolute Gasteiger partial charge is 0.495 e. The molecule has 1 heterocycles. The minimum Gasteiger partial charge on any atom is -0.495 e. The van der Waals surface area contributed by atoms with Gasteiger partial charge in [0, 0.05) is 0 Å². The van der Waals surface area contributed by atoms with Gasteiger partial charge in [-0.1, -0.05) is 24.3 Å². The monoisotopic (exact) mass is 329 g/mol. The van der Waals surface area contributed by atoms with Crippen LogP contribution in [0.1, 0.15) is 17.5 Å². The smallest absolute Gasteiger partial charge is 0.267 e. The van der Waals surface area contributed by atoms with Crippen molar-refractivity contribution in [3.63, 3.8) is 0 Å². The number of hydrogen-bond acceptors (Lipinski definition) is 7. The van der Waals surface area contributed by atoms with Crippen LogP contribution in [0.15, 0.2) is 23.1 Å². The molecule has 0 fully saturated rings. The van der Waals surface area contributed by atoms with Crippen LogP contribution < -0.4 is 9.46 Å². The van der Waals surface area contributed by atoms with Gasteiger partial charge < -0.3 is 9.84 Å². The van der Waals surface area contributed by atoms with E-state index in [-0.39, 0.29) is 22.4 Å². The maximum absolute atomic E-state index is 12.4. The molecule has 1 aromatic heterocycles. The van der Waals surface area contributed by atoms with Gasteiger partial charge in [0.05, 0.1) is 13.7 Å². The molecule has 2 N–H and O–H groups in total. The number of nitrogens with zero attached hydrogens (tertiary/aromatic N) is 2. The fraction of sp³-hybridized carbons (Fsp3) is 0.333. The van der Waals surface area contributed by atoms with Crippen LogP contribution in [-0.4, -0.2) is 30.8 Å².